The van der Waals surface area contributed by atoms with E-state index in [-0.39, 0.29) is 11.4 Å². The maximum Gasteiger partial charge on any atom is 0.266 e. The van der Waals surface area contributed by atoms with Crippen molar-refractivity contribution in [2.75, 3.05) is 39.5 Å². The van der Waals surface area contributed by atoms with Crippen molar-refractivity contribution in [1.82, 2.24) is 24.2 Å². The largest absolute Gasteiger partial charge is 0.492 e. The van der Waals surface area contributed by atoms with Crippen LogP contribution in [-0.4, -0.2) is 63.7 Å². The van der Waals surface area contributed by atoms with Gasteiger partial charge in [0.1, 0.15) is 11.6 Å². The van der Waals surface area contributed by atoms with Crippen molar-refractivity contribution < 1.29 is 13.9 Å². The number of aromatic nitrogens is 4. The number of morpholine rings is 1. The topological polar surface area (TPSA) is 74.4 Å². The molecule has 5 aromatic rings. The average Bonchev–Trinajstić information content (AvgIpc) is 3.38. The molecule has 39 heavy (non-hydrogen) atoms. The Kier molecular flexibility index (Phi) is 7.33. The lowest BCUT2D eigenvalue weighted by molar-refractivity contribution is 0.0358. The van der Waals surface area contributed by atoms with E-state index in [2.05, 4.69) is 21.0 Å². The average molecular weight is 528 g/mol. The van der Waals surface area contributed by atoms with Crippen LogP contribution in [0.5, 0.6) is 5.75 Å². The first-order valence-electron chi connectivity index (χ1n) is 13.3. The van der Waals surface area contributed by atoms with Gasteiger partial charge in [-0.3, -0.25) is 19.2 Å². The van der Waals surface area contributed by atoms with E-state index >= 15 is 0 Å². The molecule has 0 radical (unpaired) electrons. The second-order valence-electron chi connectivity index (χ2n) is 9.75. The highest BCUT2D eigenvalue weighted by molar-refractivity contribution is 5.82. The minimum Gasteiger partial charge on any atom is -0.492 e. The van der Waals surface area contributed by atoms with Gasteiger partial charge in [0.2, 0.25) is 0 Å². The molecule has 0 N–H and O–H groups in total. The van der Waals surface area contributed by atoms with Crippen LogP contribution in [0, 0.1) is 5.82 Å². The predicted octanol–water partition coefficient (Wildman–Crippen LogP) is 4.22. The molecule has 0 atom stereocenters. The highest BCUT2D eigenvalue weighted by atomic mass is 19.1. The number of rotatable bonds is 9. The number of aryl methyl sites for hydroxylation is 2. The highest BCUT2D eigenvalue weighted by Crippen LogP contribution is 2.22. The lowest BCUT2D eigenvalue weighted by Gasteiger charge is -2.26. The van der Waals surface area contributed by atoms with Gasteiger partial charge in [-0.15, -0.1) is 0 Å². The van der Waals surface area contributed by atoms with Gasteiger partial charge in [-0.25, -0.2) is 9.07 Å². The Morgan fingerprint density at radius 2 is 1.85 bits per heavy atom. The Hall–Kier alpha value is -4.08. The van der Waals surface area contributed by atoms with Crippen molar-refractivity contribution >= 4 is 21.8 Å². The van der Waals surface area contributed by atoms with E-state index in [4.69, 9.17) is 9.47 Å². The first-order valence-corrected chi connectivity index (χ1v) is 13.3. The second kappa shape index (κ2) is 11.3. The summed E-state index contributed by atoms with van der Waals surface area (Å²) in [7, 11) is 0. The molecule has 0 amide bonds. The lowest BCUT2D eigenvalue weighted by atomic mass is 10.1. The first kappa shape index (κ1) is 25.2. The van der Waals surface area contributed by atoms with E-state index in [9.17, 15) is 9.18 Å². The molecule has 0 aliphatic carbocycles. The molecule has 6 rings (SSSR count). The summed E-state index contributed by atoms with van der Waals surface area (Å²) in [6, 6.07) is 17.8. The highest BCUT2D eigenvalue weighted by Gasteiger charge is 2.11. The van der Waals surface area contributed by atoms with Gasteiger partial charge >= 0.3 is 0 Å². The fourth-order valence-electron chi connectivity index (χ4n) is 4.96. The van der Waals surface area contributed by atoms with Gasteiger partial charge in [-0.05, 0) is 66.9 Å². The van der Waals surface area contributed by atoms with E-state index in [1.54, 1.807) is 22.9 Å². The number of hydrogen-bond donors (Lipinski definition) is 0. The molecule has 0 bridgehead atoms. The fourth-order valence-corrected chi connectivity index (χ4v) is 4.96. The van der Waals surface area contributed by atoms with Crippen LogP contribution in [0.25, 0.3) is 27.6 Å². The molecule has 1 aliphatic heterocycles. The van der Waals surface area contributed by atoms with E-state index < -0.39 is 0 Å². The van der Waals surface area contributed by atoms with E-state index in [1.165, 1.54) is 22.9 Å². The van der Waals surface area contributed by atoms with Crippen molar-refractivity contribution in [2.45, 2.75) is 19.4 Å². The zero-order valence-electron chi connectivity index (χ0n) is 21.6. The van der Waals surface area contributed by atoms with E-state index in [1.807, 2.05) is 30.5 Å². The first-order chi connectivity index (χ1) is 19.1. The molecule has 8 nitrogen and oxygen atoms in total. The molecule has 200 valence electrons. The van der Waals surface area contributed by atoms with Crippen molar-refractivity contribution in [3.63, 3.8) is 0 Å². The standard InChI is InChI=1S/C30H30FN5O3/c31-25-4-3-23-9-11-35(28(23)20-25)29-6-7-30(37)36(33-29)12-8-22-2-5-27-24(18-22)19-26(21-32-27)39-15-1-10-34-13-16-38-17-14-34/h2-7,9,11,18-21H,1,8,10,12-17H2. The van der Waals surface area contributed by atoms with Crippen molar-refractivity contribution in [1.29, 1.82) is 0 Å². The van der Waals surface area contributed by atoms with Crippen LogP contribution in [0.2, 0.25) is 0 Å². The Bertz CT molecular complexity index is 1660. The van der Waals surface area contributed by atoms with Crippen molar-refractivity contribution in [2.24, 2.45) is 0 Å². The van der Waals surface area contributed by atoms with E-state index in [0.29, 0.717) is 30.9 Å². The minimum atomic E-state index is -0.317. The molecule has 9 heteroatoms. The third kappa shape index (κ3) is 5.84. The van der Waals surface area contributed by atoms with Crippen LogP contribution in [0.1, 0.15) is 12.0 Å². The number of benzene rings is 2. The summed E-state index contributed by atoms with van der Waals surface area (Å²) in [6.07, 6.45) is 5.17. The van der Waals surface area contributed by atoms with Gasteiger partial charge in [0.15, 0.2) is 5.82 Å². The maximum atomic E-state index is 13.8. The molecular weight excluding hydrogens is 497 g/mol. The van der Waals surface area contributed by atoms with Crippen LogP contribution in [-0.2, 0) is 17.7 Å². The van der Waals surface area contributed by atoms with Crippen molar-refractivity contribution in [3.05, 3.63) is 94.8 Å². The van der Waals surface area contributed by atoms with Crippen LogP contribution in [0.3, 0.4) is 0 Å². The smallest absolute Gasteiger partial charge is 0.266 e. The number of ether oxygens (including phenoxy) is 2. The number of hydrogen-bond acceptors (Lipinski definition) is 6. The summed E-state index contributed by atoms with van der Waals surface area (Å²) in [5.74, 6) is 0.999. The van der Waals surface area contributed by atoms with E-state index in [0.717, 1.165) is 66.9 Å². The summed E-state index contributed by atoms with van der Waals surface area (Å²) in [6.45, 7) is 5.62. The Morgan fingerprint density at radius 3 is 2.74 bits per heavy atom. The third-order valence-electron chi connectivity index (χ3n) is 7.08. The molecule has 1 fully saturated rings. The summed E-state index contributed by atoms with van der Waals surface area (Å²) in [5.41, 5.74) is 2.48. The third-order valence-corrected chi connectivity index (χ3v) is 7.08. The molecule has 1 saturated heterocycles. The SMILES string of the molecule is O=c1ccc(-n2ccc3ccc(F)cc32)nn1CCc1ccc2ncc(OCCCN3CCOCC3)cc2c1. The Balaban J connectivity index is 1.12. The van der Waals surface area contributed by atoms with Crippen LogP contribution < -0.4 is 10.3 Å². The molecule has 1 aliphatic rings. The maximum absolute atomic E-state index is 13.8. The molecular formula is C30H30FN5O3. The van der Waals surface area contributed by atoms with Crippen molar-refractivity contribution in [3.8, 4) is 11.6 Å². The molecule has 3 aromatic heterocycles. The zero-order chi connectivity index (χ0) is 26.6. The van der Waals surface area contributed by atoms with Crippen LogP contribution >= 0.6 is 0 Å². The van der Waals surface area contributed by atoms with Gasteiger partial charge in [0, 0.05) is 49.2 Å². The molecule has 0 spiro atoms. The summed E-state index contributed by atoms with van der Waals surface area (Å²) in [4.78, 5) is 19.5. The van der Waals surface area contributed by atoms with Gasteiger partial charge < -0.3 is 9.47 Å². The van der Waals surface area contributed by atoms with Gasteiger partial charge in [-0.2, -0.15) is 5.10 Å². The lowest BCUT2D eigenvalue weighted by Crippen LogP contribution is -2.37. The monoisotopic (exact) mass is 527 g/mol. The Morgan fingerprint density at radius 1 is 0.949 bits per heavy atom. The zero-order valence-corrected chi connectivity index (χ0v) is 21.6. The minimum absolute atomic E-state index is 0.184. The normalized spacial score (nSPS) is 14.3. The quantitative estimate of drug-likeness (QED) is 0.267. The number of pyridine rings is 1. The molecule has 0 unspecified atom stereocenters. The fraction of sp³-hybridized carbons (Fsp3) is 0.300. The summed E-state index contributed by atoms with van der Waals surface area (Å²) < 4.78 is 28.5. The Labute approximate surface area is 225 Å². The summed E-state index contributed by atoms with van der Waals surface area (Å²) in [5, 5.41) is 6.46. The van der Waals surface area contributed by atoms with Gasteiger partial charge in [0.05, 0.1) is 37.1 Å². The summed E-state index contributed by atoms with van der Waals surface area (Å²) >= 11 is 0. The molecule has 4 heterocycles. The van der Waals surface area contributed by atoms with Gasteiger partial charge in [0.25, 0.3) is 5.56 Å². The number of fused-ring (bicyclic) bond motifs is 2. The van der Waals surface area contributed by atoms with Gasteiger partial charge in [-0.1, -0.05) is 6.07 Å². The molecule has 0 saturated carbocycles. The molecule has 2 aromatic carbocycles. The predicted molar refractivity (Wildman–Crippen MR) is 148 cm³/mol. The second-order valence-corrected chi connectivity index (χ2v) is 9.75. The number of nitrogens with zero attached hydrogens (tertiary/aromatic N) is 5. The van der Waals surface area contributed by atoms with Crippen LogP contribution in [0.15, 0.2) is 77.9 Å². The number of halogens is 1. The van der Waals surface area contributed by atoms with Crippen LogP contribution in [0.4, 0.5) is 4.39 Å².